The smallest absolute Gasteiger partial charge is 0.216 e. The van der Waals surface area contributed by atoms with Crippen molar-refractivity contribution in [3.05, 3.63) is 0 Å². The lowest BCUT2D eigenvalue weighted by molar-refractivity contribution is 0.0615. The molecule has 0 aromatic heterocycles. The minimum absolute atomic E-state index is 0.201. The molecule has 1 aliphatic rings. The van der Waals surface area contributed by atoms with Gasteiger partial charge >= 0.3 is 0 Å². The third-order valence-electron chi connectivity index (χ3n) is 2.88. The zero-order valence-corrected chi connectivity index (χ0v) is 8.39. The van der Waals surface area contributed by atoms with Gasteiger partial charge in [-0.1, -0.05) is 13.8 Å². The predicted octanol–water partition coefficient (Wildman–Crippen LogP) is 0.312. The highest BCUT2D eigenvalue weighted by Gasteiger charge is 2.44. The van der Waals surface area contributed by atoms with Gasteiger partial charge in [-0.15, -0.1) is 0 Å². The lowest BCUT2D eigenvalue weighted by Gasteiger charge is -2.47. The summed E-state index contributed by atoms with van der Waals surface area (Å²) in [7, 11) is -3.42. The van der Waals surface area contributed by atoms with Crippen molar-refractivity contribution < 1.29 is 8.42 Å². The van der Waals surface area contributed by atoms with Crippen molar-refractivity contribution in [2.24, 2.45) is 10.6 Å². The number of hydrogen-bond donors (Lipinski definition) is 1. The summed E-state index contributed by atoms with van der Waals surface area (Å²) in [5, 5.41) is 4.97. The van der Waals surface area contributed by atoms with E-state index in [9.17, 15) is 8.42 Å². The summed E-state index contributed by atoms with van der Waals surface area (Å²) in [6, 6.07) is 0. The van der Waals surface area contributed by atoms with Crippen LogP contribution in [-0.4, -0.2) is 25.8 Å². The quantitative estimate of drug-likeness (QED) is 0.699. The van der Waals surface area contributed by atoms with E-state index in [1.165, 1.54) is 4.31 Å². The Morgan fingerprint density at radius 2 is 1.75 bits per heavy atom. The van der Waals surface area contributed by atoms with Gasteiger partial charge in [0.05, 0.1) is 0 Å². The van der Waals surface area contributed by atoms with Crippen LogP contribution in [0.15, 0.2) is 0 Å². The average Bonchev–Trinajstić information content (AvgIpc) is 1.85. The first-order valence-electron chi connectivity index (χ1n) is 4.21. The fraction of sp³-hybridized carbons (Fsp3) is 1.00. The number of nitrogens with zero attached hydrogens (tertiary/aromatic N) is 1. The first-order chi connectivity index (χ1) is 5.43. The SMILES string of the molecule is CCC1(CC)CN(S(N)(=O)=O)C1. The molecule has 0 unspecified atom stereocenters. The van der Waals surface area contributed by atoms with Crippen LogP contribution in [0.5, 0.6) is 0 Å². The molecule has 72 valence electrons. The lowest BCUT2D eigenvalue weighted by atomic mass is 9.77. The summed E-state index contributed by atoms with van der Waals surface area (Å²) in [5.74, 6) is 0. The predicted molar refractivity (Wildman–Crippen MR) is 47.7 cm³/mol. The highest BCUT2D eigenvalue weighted by Crippen LogP contribution is 2.37. The molecule has 2 N–H and O–H groups in total. The molecule has 0 radical (unpaired) electrons. The molecule has 5 heteroatoms. The van der Waals surface area contributed by atoms with E-state index in [0.717, 1.165) is 12.8 Å². The number of hydrogen-bond acceptors (Lipinski definition) is 2. The summed E-state index contributed by atoms with van der Waals surface area (Å²) < 4.78 is 23.0. The molecule has 1 fully saturated rings. The zero-order chi connectivity index (χ0) is 9.41. The summed E-state index contributed by atoms with van der Waals surface area (Å²) >= 11 is 0. The van der Waals surface area contributed by atoms with Crippen molar-refractivity contribution in [1.82, 2.24) is 4.31 Å². The molecule has 1 saturated heterocycles. The van der Waals surface area contributed by atoms with Crippen molar-refractivity contribution in [2.75, 3.05) is 13.1 Å². The van der Waals surface area contributed by atoms with Crippen LogP contribution in [0.3, 0.4) is 0 Å². The van der Waals surface area contributed by atoms with Crippen LogP contribution in [0, 0.1) is 5.41 Å². The zero-order valence-electron chi connectivity index (χ0n) is 7.58. The normalized spacial score (nSPS) is 23.6. The Hall–Kier alpha value is -0.130. The summed E-state index contributed by atoms with van der Waals surface area (Å²) in [5.41, 5.74) is 0.201. The van der Waals surface area contributed by atoms with Gasteiger partial charge in [0.2, 0.25) is 0 Å². The standard InChI is InChI=1S/C7H16N2O2S/c1-3-7(4-2)5-9(6-7)12(8,10)11/h3-6H2,1-2H3,(H2,8,10,11). The van der Waals surface area contributed by atoms with Crippen molar-refractivity contribution >= 4 is 10.2 Å². The van der Waals surface area contributed by atoms with Crippen LogP contribution in [0.25, 0.3) is 0 Å². The van der Waals surface area contributed by atoms with Crippen LogP contribution in [0.2, 0.25) is 0 Å². The topological polar surface area (TPSA) is 63.4 Å². The molecular weight excluding hydrogens is 176 g/mol. The van der Waals surface area contributed by atoms with Gasteiger partial charge in [-0.25, -0.2) is 5.14 Å². The second-order valence-electron chi connectivity index (χ2n) is 3.52. The van der Waals surface area contributed by atoms with E-state index in [4.69, 9.17) is 5.14 Å². The molecule has 4 nitrogen and oxygen atoms in total. The van der Waals surface area contributed by atoms with E-state index in [-0.39, 0.29) is 5.41 Å². The Morgan fingerprint density at radius 3 is 2.00 bits per heavy atom. The molecule has 12 heavy (non-hydrogen) atoms. The van der Waals surface area contributed by atoms with Crippen LogP contribution in [0.4, 0.5) is 0 Å². The fourth-order valence-corrected chi connectivity index (χ4v) is 2.49. The van der Waals surface area contributed by atoms with E-state index in [0.29, 0.717) is 13.1 Å². The Labute approximate surface area is 73.9 Å². The van der Waals surface area contributed by atoms with Gasteiger partial charge in [-0.3, -0.25) is 0 Å². The monoisotopic (exact) mass is 192 g/mol. The maximum absolute atomic E-state index is 10.8. The molecule has 1 rings (SSSR count). The molecule has 0 spiro atoms. The van der Waals surface area contributed by atoms with Gasteiger partial charge in [-0.2, -0.15) is 12.7 Å². The van der Waals surface area contributed by atoms with E-state index >= 15 is 0 Å². The van der Waals surface area contributed by atoms with Crippen LogP contribution in [0.1, 0.15) is 26.7 Å². The molecular formula is C7H16N2O2S. The lowest BCUT2D eigenvalue weighted by Crippen LogP contribution is -2.59. The van der Waals surface area contributed by atoms with E-state index in [1.54, 1.807) is 0 Å². The fourth-order valence-electron chi connectivity index (χ4n) is 1.58. The molecule has 1 aliphatic heterocycles. The highest BCUT2D eigenvalue weighted by atomic mass is 32.2. The first kappa shape index (κ1) is 9.95. The van der Waals surface area contributed by atoms with Crippen LogP contribution in [-0.2, 0) is 10.2 Å². The second-order valence-corrected chi connectivity index (χ2v) is 5.07. The summed E-state index contributed by atoms with van der Waals surface area (Å²) in [6.07, 6.45) is 2.05. The van der Waals surface area contributed by atoms with Gasteiger partial charge in [0, 0.05) is 13.1 Å². The van der Waals surface area contributed by atoms with Gasteiger partial charge in [0.1, 0.15) is 0 Å². The van der Waals surface area contributed by atoms with Crippen LogP contribution < -0.4 is 5.14 Å². The van der Waals surface area contributed by atoms with Gasteiger partial charge in [0.15, 0.2) is 0 Å². The Bertz CT molecular complexity index is 249. The van der Waals surface area contributed by atoms with E-state index in [2.05, 4.69) is 13.8 Å². The number of nitrogens with two attached hydrogens (primary N) is 1. The Morgan fingerprint density at radius 1 is 1.33 bits per heavy atom. The first-order valence-corrected chi connectivity index (χ1v) is 5.72. The summed E-state index contributed by atoms with van der Waals surface area (Å²) in [4.78, 5) is 0. The highest BCUT2D eigenvalue weighted by molar-refractivity contribution is 7.86. The summed E-state index contributed by atoms with van der Waals surface area (Å²) in [6.45, 7) is 5.37. The second kappa shape index (κ2) is 2.97. The van der Waals surface area contributed by atoms with E-state index < -0.39 is 10.2 Å². The van der Waals surface area contributed by atoms with Crippen LogP contribution >= 0.6 is 0 Å². The van der Waals surface area contributed by atoms with Gasteiger partial charge in [0.25, 0.3) is 10.2 Å². The van der Waals surface area contributed by atoms with Crippen molar-refractivity contribution in [3.8, 4) is 0 Å². The third-order valence-corrected chi connectivity index (χ3v) is 3.86. The molecule has 0 saturated carbocycles. The van der Waals surface area contributed by atoms with Gasteiger partial charge in [-0.05, 0) is 18.3 Å². The third kappa shape index (κ3) is 1.62. The van der Waals surface area contributed by atoms with E-state index in [1.807, 2.05) is 0 Å². The van der Waals surface area contributed by atoms with Gasteiger partial charge < -0.3 is 0 Å². The van der Waals surface area contributed by atoms with Crippen molar-refractivity contribution in [1.29, 1.82) is 0 Å². The molecule has 0 aromatic carbocycles. The minimum atomic E-state index is -3.42. The molecule has 0 bridgehead atoms. The largest absolute Gasteiger partial charge is 0.276 e. The van der Waals surface area contributed by atoms with Crippen molar-refractivity contribution in [3.63, 3.8) is 0 Å². The maximum atomic E-state index is 10.8. The molecule has 0 amide bonds. The Kier molecular flexibility index (Phi) is 2.47. The maximum Gasteiger partial charge on any atom is 0.276 e. The molecule has 0 aliphatic carbocycles. The average molecular weight is 192 g/mol. The molecule has 0 aromatic rings. The van der Waals surface area contributed by atoms with Crippen molar-refractivity contribution in [2.45, 2.75) is 26.7 Å². The molecule has 1 heterocycles. The molecule has 0 atom stereocenters. The number of rotatable bonds is 3. The Balaban J connectivity index is 2.57. The minimum Gasteiger partial charge on any atom is -0.216 e.